The Morgan fingerprint density at radius 3 is 2.76 bits per heavy atom. The van der Waals surface area contributed by atoms with Crippen LogP contribution in [0.3, 0.4) is 0 Å². The lowest BCUT2D eigenvalue weighted by molar-refractivity contribution is 0.0948. The van der Waals surface area contributed by atoms with Gasteiger partial charge in [-0.3, -0.25) is 9.78 Å². The summed E-state index contributed by atoms with van der Waals surface area (Å²) in [4.78, 5) is 19.9. The van der Waals surface area contributed by atoms with Crippen LogP contribution in [0.5, 0.6) is 0 Å². The van der Waals surface area contributed by atoms with Gasteiger partial charge in [-0.25, -0.2) is 4.98 Å². The Kier molecular flexibility index (Phi) is 5.99. The molecule has 1 aromatic heterocycles. The third-order valence-corrected chi connectivity index (χ3v) is 2.24. The van der Waals surface area contributed by atoms with Crippen molar-refractivity contribution in [2.24, 2.45) is 0 Å². The number of nitrogens with one attached hydrogen (secondary N) is 2. The van der Waals surface area contributed by atoms with Crippen molar-refractivity contribution in [2.45, 2.75) is 33.1 Å². The van der Waals surface area contributed by atoms with E-state index in [1.165, 1.54) is 6.20 Å². The van der Waals surface area contributed by atoms with Gasteiger partial charge < -0.3 is 10.6 Å². The normalized spacial score (nSPS) is 10.0. The molecule has 5 nitrogen and oxygen atoms in total. The number of anilines is 1. The van der Waals surface area contributed by atoms with Gasteiger partial charge >= 0.3 is 0 Å². The average molecular weight is 236 g/mol. The van der Waals surface area contributed by atoms with Crippen molar-refractivity contribution in [3.8, 4) is 0 Å². The van der Waals surface area contributed by atoms with E-state index in [-0.39, 0.29) is 5.91 Å². The van der Waals surface area contributed by atoms with E-state index in [0.717, 1.165) is 25.8 Å². The van der Waals surface area contributed by atoms with Gasteiger partial charge in [-0.1, -0.05) is 20.3 Å². The monoisotopic (exact) mass is 236 g/mol. The molecule has 0 saturated carbocycles. The van der Waals surface area contributed by atoms with Gasteiger partial charge in [-0.15, -0.1) is 0 Å². The van der Waals surface area contributed by atoms with Crippen molar-refractivity contribution < 1.29 is 4.79 Å². The van der Waals surface area contributed by atoms with E-state index in [0.29, 0.717) is 18.1 Å². The van der Waals surface area contributed by atoms with Crippen molar-refractivity contribution in [3.63, 3.8) is 0 Å². The fourth-order valence-electron chi connectivity index (χ4n) is 1.28. The fourth-order valence-corrected chi connectivity index (χ4v) is 1.28. The molecule has 2 N–H and O–H groups in total. The molecule has 0 aliphatic rings. The highest BCUT2D eigenvalue weighted by molar-refractivity contribution is 5.92. The topological polar surface area (TPSA) is 66.9 Å². The summed E-state index contributed by atoms with van der Waals surface area (Å²) in [6.45, 7) is 5.67. The lowest BCUT2D eigenvalue weighted by Gasteiger charge is -2.06. The molecule has 0 spiro atoms. The van der Waals surface area contributed by atoms with Crippen LogP contribution in [0.1, 0.15) is 43.6 Å². The van der Waals surface area contributed by atoms with Crippen LogP contribution < -0.4 is 10.6 Å². The predicted molar refractivity (Wildman–Crippen MR) is 68.1 cm³/mol. The Morgan fingerprint density at radius 2 is 2.06 bits per heavy atom. The van der Waals surface area contributed by atoms with Gasteiger partial charge in [-0.2, -0.15) is 0 Å². The second kappa shape index (κ2) is 7.60. The van der Waals surface area contributed by atoms with Gasteiger partial charge in [0.25, 0.3) is 5.91 Å². The van der Waals surface area contributed by atoms with E-state index in [9.17, 15) is 4.79 Å². The van der Waals surface area contributed by atoms with E-state index < -0.39 is 0 Å². The molecule has 17 heavy (non-hydrogen) atoms. The highest BCUT2D eigenvalue weighted by Crippen LogP contribution is 2.02. The van der Waals surface area contributed by atoms with E-state index in [1.807, 2.05) is 0 Å². The van der Waals surface area contributed by atoms with Crippen LogP contribution in [0.2, 0.25) is 0 Å². The largest absolute Gasteiger partial charge is 0.369 e. The number of nitrogens with zero attached hydrogens (tertiary/aromatic N) is 2. The van der Waals surface area contributed by atoms with Crippen LogP contribution in [0.15, 0.2) is 12.4 Å². The summed E-state index contributed by atoms with van der Waals surface area (Å²) in [6, 6.07) is 0. The van der Waals surface area contributed by atoms with Crippen LogP contribution in [-0.4, -0.2) is 29.0 Å². The van der Waals surface area contributed by atoms with Crippen molar-refractivity contribution in [2.75, 3.05) is 18.4 Å². The van der Waals surface area contributed by atoms with Crippen LogP contribution in [0.4, 0.5) is 5.82 Å². The van der Waals surface area contributed by atoms with Crippen molar-refractivity contribution in [3.05, 3.63) is 18.1 Å². The molecular weight excluding hydrogens is 216 g/mol. The summed E-state index contributed by atoms with van der Waals surface area (Å²) in [5, 5.41) is 5.92. The first-order chi connectivity index (χ1) is 8.27. The van der Waals surface area contributed by atoms with Gasteiger partial charge in [-0.05, 0) is 12.8 Å². The zero-order valence-electron chi connectivity index (χ0n) is 10.5. The molecule has 0 aliphatic carbocycles. The summed E-state index contributed by atoms with van der Waals surface area (Å²) in [6.07, 6.45) is 6.16. The zero-order chi connectivity index (χ0) is 12.5. The zero-order valence-corrected chi connectivity index (χ0v) is 10.5. The van der Waals surface area contributed by atoms with Gasteiger partial charge in [0.15, 0.2) is 0 Å². The first kappa shape index (κ1) is 13.4. The molecule has 5 heteroatoms. The maximum absolute atomic E-state index is 11.7. The van der Waals surface area contributed by atoms with Crippen LogP contribution in [-0.2, 0) is 0 Å². The van der Waals surface area contributed by atoms with Crippen molar-refractivity contribution in [1.29, 1.82) is 0 Å². The Hall–Kier alpha value is -1.65. The van der Waals surface area contributed by atoms with Gasteiger partial charge in [0, 0.05) is 13.1 Å². The summed E-state index contributed by atoms with van der Waals surface area (Å²) < 4.78 is 0. The minimum absolute atomic E-state index is 0.161. The average Bonchev–Trinajstić information content (AvgIpc) is 2.37. The lowest BCUT2D eigenvalue weighted by atomic mass is 10.3. The SMILES string of the molecule is CCCCNC(=O)c1cncc(NCCC)n1. The number of amides is 1. The van der Waals surface area contributed by atoms with E-state index >= 15 is 0 Å². The molecule has 0 atom stereocenters. The van der Waals surface area contributed by atoms with Crippen LogP contribution in [0.25, 0.3) is 0 Å². The third-order valence-electron chi connectivity index (χ3n) is 2.24. The lowest BCUT2D eigenvalue weighted by Crippen LogP contribution is -2.25. The number of carbonyl (C=O) groups is 1. The number of hydrogen-bond acceptors (Lipinski definition) is 4. The highest BCUT2D eigenvalue weighted by Gasteiger charge is 2.07. The second-order valence-electron chi connectivity index (χ2n) is 3.83. The summed E-state index contributed by atoms with van der Waals surface area (Å²) in [7, 11) is 0. The molecule has 0 aliphatic heterocycles. The molecule has 0 unspecified atom stereocenters. The van der Waals surface area contributed by atoms with Crippen LogP contribution >= 0.6 is 0 Å². The first-order valence-corrected chi connectivity index (χ1v) is 6.12. The molecule has 0 aromatic carbocycles. The molecule has 0 saturated heterocycles. The molecule has 1 amide bonds. The molecular formula is C12H20N4O. The molecule has 1 rings (SSSR count). The molecule has 94 valence electrons. The summed E-state index contributed by atoms with van der Waals surface area (Å²) >= 11 is 0. The summed E-state index contributed by atoms with van der Waals surface area (Å²) in [5.74, 6) is 0.487. The van der Waals surface area contributed by atoms with Gasteiger partial charge in [0.1, 0.15) is 11.5 Å². The first-order valence-electron chi connectivity index (χ1n) is 6.12. The predicted octanol–water partition coefficient (Wildman–Crippen LogP) is 1.83. The minimum Gasteiger partial charge on any atom is -0.369 e. The number of unbranched alkanes of at least 4 members (excludes halogenated alkanes) is 1. The van der Waals surface area contributed by atoms with Crippen molar-refractivity contribution in [1.82, 2.24) is 15.3 Å². The van der Waals surface area contributed by atoms with Crippen molar-refractivity contribution >= 4 is 11.7 Å². The van der Waals surface area contributed by atoms with Crippen LogP contribution in [0, 0.1) is 0 Å². The summed E-state index contributed by atoms with van der Waals surface area (Å²) in [5.41, 5.74) is 0.363. The minimum atomic E-state index is -0.161. The Balaban J connectivity index is 2.54. The van der Waals surface area contributed by atoms with E-state index in [4.69, 9.17) is 0 Å². The maximum Gasteiger partial charge on any atom is 0.271 e. The molecule has 0 fully saturated rings. The Labute approximate surface area is 102 Å². The van der Waals surface area contributed by atoms with E-state index in [2.05, 4.69) is 34.4 Å². The number of hydrogen-bond donors (Lipinski definition) is 2. The second-order valence-corrected chi connectivity index (χ2v) is 3.83. The number of rotatable bonds is 7. The number of aromatic nitrogens is 2. The molecule has 0 bridgehead atoms. The Bertz CT molecular complexity index is 354. The molecule has 1 heterocycles. The fraction of sp³-hybridized carbons (Fsp3) is 0.583. The smallest absolute Gasteiger partial charge is 0.271 e. The van der Waals surface area contributed by atoms with Gasteiger partial charge in [0.05, 0.1) is 12.4 Å². The van der Waals surface area contributed by atoms with E-state index in [1.54, 1.807) is 6.20 Å². The highest BCUT2D eigenvalue weighted by atomic mass is 16.1. The number of carbonyl (C=O) groups excluding carboxylic acids is 1. The maximum atomic E-state index is 11.7. The Morgan fingerprint density at radius 1 is 1.24 bits per heavy atom. The van der Waals surface area contributed by atoms with Gasteiger partial charge in [0.2, 0.25) is 0 Å². The quantitative estimate of drug-likeness (QED) is 0.709. The third kappa shape index (κ3) is 4.80. The molecule has 1 aromatic rings. The standard InChI is InChI=1S/C12H20N4O/c1-3-5-7-15-12(17)10-8-13-9-11(16-10)14-6-4-2/h8-9H,3-7H2,1-2H3,(H,14,16)(H,15,17). The molecule has 0 radical (unpaired) electrons.